The van der Waals surface area contributed by atoms with Crippen molar-refractivity contribution in [3.63, 3.8) is 0 Å². The van der Waals surface area contributed by atoms with Crippen molar-refractivity contribution in [2.24, 2.45) is 0 Å². The van der Waals surface area contributed by atoms with Crippen molar-refractivity contribution >= 4 is 0 Å². The fourth-order valence-corrected chi connectivity index (χ4v) is 1.36. The highest BCUT2D eigenvalue weighted by atomic mass is 16.3. The Kier molecular flexibility index (Phi) is 2.58. The van der Waals surface area contributed by atoms with Crippen molar-refractivity contribution in [1.82, 2.24) is 0 Å². The average Bonchev–Trinajstić information content (AvgIpc) is 1.96. The Morgan fingerprint density at radius 2 is 1.92 bits per heavy atom. The monoisotopic (exact) mass is 166 g/mol. The molecule has 0 aliphatic heterocycles. The molecule has 0 fully saturated rings. The quantitative estimate of drug-likeness (QED) is 0.708. The Hall–Kier alpha value is -1.18. The Bertz CT molecular complexity index is 256. The number of hydrogen-bond acceptors (Lipinski definition) is 2. The molecule has 0 aromatic heterocycles. The zero-order chi connectivity index (χ0) is 9.14. The molecule has 0 bridgehead atoms. The third-order valence-corrected chi connectivity index (χ3v) is 1.93. The molecule has 0 heterocycles. The second kappa shape index (κ2) is 3.48. The molecule has 0 amide bonds. The van der Waals surface area contributed by atoms with Crippen LogP contribution in [0.5, 0.6) is 11.5 Å². The van der Waals surface area contributed by atoms with Gasteiger partial charge in [0.1, 0.15) is 11.5 Å². The maximum Gasteiger partial charge on any atom is 0.122 e. The minimum atomic E-state index is 0.129. The smallest absolute Gasteiger partial charge is 0.122 e. The second-order valence-electron chi connectivity index (χ2n) is 3.01. The number of hydrogen-bond donors (Lipinski definition) is 2. The van der Waals surface area contributed by atoms with Crippen LogP contribution in [0, 0.1) is 6.92 Å². The normalized spacial score (nSPS) is 10.2. The predicted molar refractivity (Wildman–Crippen MR) is 48.5 cm³/mol. The number of aromatic hydroxyl groups is 2. The van der Waals surface area contributed by atoms with E-state index in [2.05, 4.69) is 6.92 Å². The Morgan fingerprint density at radius 1 is 1.25 bits per heavy atom. The molecular weight excluding hydrogens is 152 g/mol. The summed E-state index contributed by atoms with van der Waals surface area (Å²) >= 11 is 0. The highest BCUT2D eigenvalue weighted by molar-refractivity contribution is 5.44. The molecule has 0 aliphatic carbocycles. The molecule has 66 valence electrons. The fourth-order valence-electron chi connectivity index (χ4n) is 1.36. The first kappa shape index (κ1) is 8.91. The Balaban J connectivity index is 3.10. The highest BCUT2D eigenvalue weighted by Gasteiger charge is 2.05. The number of phenolic OH excluding ortho intramolecular Hbond substituents is 2. The van der Waals surface area contributed by atoms with Gasteiger partial charge in [0.2, 0.25) is 0 Å². The van der Waals surface area contributed by atoms with E-state index < -0.39 is 0 Å². The molecule has 1 aromatic carbocycles. The van der Waals surface area contributed by atoms with Crippen LogP contribution in [0.15, 0.2) is 12.1 Å². The molecule has 0 spiro atoms. The molecular formula is C10H14O2. The van der Waals surface area contributed by atoms with Crippen LogP contribution in [0.3, 0.4) is 0 Å². The van der Waals surface area contributed by atoms with E-state index >= 15 is 0 Å². The van der Waals surface area contributed by atoms with Crippen LogP contribution in [-0.4, -0.2) is 10.2 Å². The van der Waals surface area contributed by atoms with Gasteiger partial charge in [0.25, 0.3) is 0 Å². The largest absolute Gasteiger partial charge is 0.508 e. The molecule has 0 saturated heterocycles. The predicted octanol–water partition coefficient (Wildman–Crippen LogP) is 2.36. The molecule has 2 N–H and O–H groups in total. The Morgan fingerprint density at radius 3 is 2.42 bits per heavy atom. The van der Waals surface area contributed by atoms with E-state index in [-0.39, 0.29) is 11.5 Å². The van der Waals surface area contributed by atoms with E-state index in [4.69, 9.17) is 5.11 Å². The summed E-state index contributed by atoms with van der Waals surface area (Å²) in [5, 5.41) is 18.6. The SMILES string of the molecule is CCCc1c(C)cc(O)cc1O. The summed E-state index contributed by atoms with van der Waals surface area (Å²) in [7, 11) is 0. The lowest BCUT2D eigenvalue weighted by Crippen LogP contribution is -1.88. The first-order chi connectivity index (χ1) is 5.65. The van der Waals surface area contributed by atoms with Crippen LogP contribution in [-0.2, 0) is 6.42 Å². The zero-order valence-electron chi connectivity index (χ0n) is 7.46. The van der Waals surface area contributed by atoms with Crippen molar-refractivity contribution in [3.05, 3.63) is 23.3 Å². The van der Waals surface area contributed by atoms with Crippen LogP contribution < -0.4 is 0 Å². The molecule has 2 nitrogen and oxygen atoms in total. The van der Waals surface area contributed by atoms with Gasteiger partial charge in [-0.05, 0) is 30.5 Å². The summed E-state index contributed by atoms with van der Waals surface area (Å²) in [6, 6.07) is 3.06. The molecule has 0 saturated carbocycles. The molecule has 2 heteroatoms. The van der Waals surface area contributed by atoms with E-state index in [1.165, 1.54) is 6.07 Å². The van der Waals surface area contributed by atoms with E-state index in [0.29, 0.717) is 0 Å². The van der Waals surface area contributed by atoms with Gasteiger partial charge in [0.15, 0.2) is 0 Å². The number of benzene rings is 1. The van der Waals surface area contributed by atoms with Gasteiger partial charge in [0, 0.05) is 6.07 Å². The van der Waals surface area contributed by atoms with Crippen molar-refractivity contribution in [1.29, 1.82) is 0 Å². The van der Waals surface area contributed by atoms with E-state index in [9.17, 15) is 5.11 Å². The molecule has 12 heavy (non-hydrogen) atoms. The molecule has 0 radical (unpaired) electrons. The van der Waals surface area contributed by atoms with Gasteiger partial charge in [-0.25, -0.2) is 0 Å². The number of phenols is 2. The first-order valence-corrected chi connectivity index (χ1v) is 4.16. The van der Waals surface area contributed by atoms with Crippen LogP contribution in [0.25, 0.3) is 0 Å². The third kappa shape index (κ3) is 1.70. The summed E-state index contributed by atoms with van der Waals surface area (Å²) in [5.74, 6) is 0.333. The maximum absolute atomic E-state index is 9.44. The summed E-state index contributed by atoms with van der Waals surface area (Å²) in [6.07, 6.45) is 1.86. The van der Waals surface area contributed by atoms with Gasteiger partial charge in [-0.15, -0.1) is 0 Å². The number of aryl methyl sites for hydroxylation is 1. The van der Waals surface area contributed by atoms with Gasteiger partial charge in [-0.1, -0.05) is 13.3 Å². The van der Waals surface area contributed by atoms with E-state index in [1.54, 1.807) is 6.07 Å². The van der Waals surface area contributed by atoms with Gasteiger partial charge in [0.05, 0.1) is 0 Å². The lowest BCUT2D eigenvalue weighted by molar-refractivity contribution is 0.444. The average molecular weight is 166 g/mol. The van der Waals surface area contributed by atoms with E-state index in [0.717, 1.165) is 24.0 Å². The molecule has 0 unspecified atom stereocenters. The van der Waals surface area contributed by atoms with Crippen LogP contribution in [0.2, 0.25) is 0 Å². The van der Waals surface area contributed by atoms with Crippen molar-refractivity contribution in [2.45, 2.75) is 26.7 Å². The van der Waals surface area contributed by atoms with Crippen LogP contribution in [0.1, 0.15) is 24.5 Å². The topological polar surface area (TPSA) is 40.5 Å². The Labute approximate surface area is 72.5 Å². The molecule has 1 rings (SSSR count). The van der Waals surface area contributed by atoms with Gasteiger partial charge in [-0.3, -0.25) is 0 Å². The maximum atomic E-state index is 9.44. The van der Waals surface area contributed by atoms with Gasteiger partial charge >= 0.3 is 0 Å². The summed E-state index contributed by atoms with van der Waals surface area (Å²) in [6.45, 7) is 3.95. The number of rotatable bonds is 2. The first-order valence-electron chi connectivity index (χ1n) is 4.16. The standard InChI is InChI=1S/C10H14O2/c1-3-4-9-7(2)5-8(11)6-10(9)12/h5-6,11-12H,3-4H2,1-2H3. The minimum absolute atomic E-state index is 0.129. The van der Waals surface area contributed by atoms with Crippen molar-refractivity contribution in [2.75, 3.05) is 0 Å². The fraction of sp³-hybridized carbons (Fsp3) is 0.400. The second-order valence-corrected chi connectivity index (χ2v) is 3.01. The van der Waals surface area contributed by atoms with Crippen molar-refractivity contribution < 1.29 is 10.2 Å². The third-order valence-electron chi connectivity index (χ3n) is 1.93. The van der Waals surface area contributed by atoms with Gasteiger partial charge < -0.3 is 10.2 Å². The lowest BCUT2D eigenvalue weighted by Gasteiger charge is -2.07. The molecule has 1 aromatic rings. The van der Waals surface area contributed by atoms with Crippen LogP contribution in [0.4, 0.5) is 0 Å². The highest BCUT2D eigenvalue weighted by Crippen LogP contribution is 2.27. The van der Waals surface area contributed by atoms with E-state index in [1.807, 2.05) is 6.92 Å². The van der Waals surface area contributed by atoms with Crippen LogP contribution >= 0.6 is 0 Å². The summed E-state index contributed by atoms with van der Waals surface area (Å²) in [4.78, 5) is 0. The summed E-state index contributed by atoms with van der Waals surface area (Å²) in [5.41, 5.74) is 1.89. The van der Waals surface area contributed by atoms with Gasteiger partial charge in [-0.2, -0.15) is 0 Å². The molecule has 0 aliphatic rings. The lowest BCUT2D eigenvalue weighted by atomic mass is 10.0. The van der Waals surface area contributed by atoms with Crippen molar-refractivity contribution in [3.8, 4) is 11.5 Å². The molecule has 0 atom stereocenters. The summed E-state index contributed by atoms with van der Waals surface area (Å²) < 4.78 is 0. The zero-order valence-corrected chi connectivity index (χ0v) is 7.46. The minimum Gasteiger partial charge on any atom is -0.508 e.